The summed E-state index contributed by atoms with van der Waals surface area (Å²) in [5.41, 5.74) is 0.383. The fourth-order valence-electron chi connectivity index (χ4n) is 1.30. The Balaban J connectivity index is 2.39. The van der Waals surface area contributed by atoms with Gasteiger partial charge < -0.3 is 9.47 Å². The van der Waals surface area contributed by atoms with Gasteiger partial charge in [0, 0.05) is 10.6 Å². The van der Waals surface area contributed by atoms with Crippen molar-refractivity contribution in [1.29, 1.82) is 0 Å². The van der Waals surface area contributed by atoms with Crippen LogP contribution < -0.4 is 0 Å². The van der Waals surface area contributed by atoms with Crippen LogP contribution in [-0.2, 0) is 9.47 Å². The molecule has 0 amide bonds. The van der Waals surface area contributed by atoms with E-state index < -0.39 is 0 Å². The van der Waals surface area contributed by atoms with Gasteiger partial charge in [-0.1, -0.05) is 23.2 Å². The minimum Gasteiger partial charge on any atom is -0.376 e. The Kier molecular flexibility index (Phi) is 6.65. The van der Waals surface area contributed by atoms with E-state index in [4.69, 9.17) is 32.7 Å². The van der Waals surface area contributed by atoms with E-state index in [9.17, 15) is 4.79 Å². The van der Waals surface area contributed by atoms with Crippen molar-refractivity contribution in [3.63, 3.8) is 0 Å². The molecule has 0 bridgehead atoms. The van der Waals surface area contributed by atoms with Gasteiger partial charge in [-0.05, 0) is 32.0 Å². The maximum absolute atomic E-state index is 11.8. The van der Waals surface area contributed by atoms with Crippen molar-refractivity contribution in [2.24, 2.45) is 0 Å². The number of hydrogen-bond acceptors (Lipinski definition) is 3. The van der Waals surface area contributed by atoms with Gasteiger partial charge in [-0.3, -0.25) is 4.79 Å². The molecule has 0 atom stereocenters. The highest BCUT2D eigenvalue weighted by Crippen LogP contribution is 2.21. The van der Waals surface area contributed by atoms with Gasteiger partial charge in [-0.25, -0.2) is 0 Å². The number of rotatable bonds is 7. The molecule has 0 aliphatic carbocycles. The Hall–Kier alpha value is -0.610. The molecule has 100 valence electrons. The van der Waals surface area contributed by atoms with Crippen molar-refractivity contribution in [1.82, 2.24) is 0 Å². The molecule has 1 aromatic rings. The Labute approximate surface area is 117 Å². The Morgan fingerprint density at radius 2 is 2.00 bits per heavy atom. The average molecular weight is 291 g/mol. The second kappa shape index (κ2) is 7.74. The summed E-state index contributed by atoms with van der Waals surface area (Å²) < 4.78 is 10.5. The lowest BCUT2D eigenvalue weighted by Crippen LogP contribution is -2.14. The minimum atomic E-state index is -0.188. The molecular weight excluding hydrogens is 275 g/mol. The number of hydrogen-bond donors (Lipinski definition) is 0. The normalized spacial score (nSPS) is 10.9. The van der Waals surface area contributed by atoms with Crippen LogP contribution in [0.15, 0.2) is 18.2 Å². The van der Waals surface area contributed by atoms with Crippen molar-refractivity contribution >= 4 is 29.0 Å². The molecule has 0 unspecified atom stereocenters. The van der Waals surface area contributed by atoms with Gasteiger partial charge in [0.05, 0.1) is 24.3 Å². The number of Topliss-reactive ketones (excluding diaryl/α,β-unsaturated/α-hetero) is 1. The highest BCUT2D eigenvalue weighted by atomic mass is 35.5. The van der Waals surface area contributed by atoms with Crippen LogP contribution in [0.25, 0.3) is 0 Å². The van der Waals surface area contributed by atoms with Gasteiger partial charge in [0.25, 0.3) is 0 Å². The van der Waals surface area contributed by atoms with E-state index in [0.717, 1.165) is 0 Å². The van der Waals surface area contributed by atoms with Crippen LogP contribution in [0.2, 0.25) is 10.0 Å². The second-order valence-electron chi connectivity index (χ2n) is 4.02. The van der Waals surface area contributed by atoms with Crippen LogP contribution in [0.4, 0.5) is 0 Å². The van der Waals surface area contributed by atoms with E-state index in [1.54, 1.807) is 18.2 Å². The topological polar surface area (TPSA) is 35.5 Å². The first-order valence-electron chi connectivity index (χ1n) is 5.68. The summed E-state index contributed by atoms with van der Waals surface area (Å²) >= 11 is 11.7. The molecule has 18 heavy (non-hydrogen) atoms. The summed E-state index contributed by atoms with van der Waals surface area (Å²) in [6.07, 6.45) is 0.159. The third-order valence-electron chi connectivity index (χ3n) is 2.14. The van der Waals surface area contributed by atoms with E-state index in [1.807, 2.05) is 13.8 Å². The van der Waals surface area contributed by atoms with E-state index in [-0.39, 0.29) is 18.5 Å². The number of ether oxygens (including phenoxy) is 2. The fourth-order valence-corrected chi connectivity index (χ4v) is 1.69. The monoisotopic (exact) mass is 290 g/mol. The zero-order chi connectivity index (χ0) is 13.5. The third-order valence-corrected chi connectivity index (χ3v) is 2.71. The van der Waals surface area contributed by atoms with Gasteiger partial charge in [0.15, 0.2) is 5.78 Å². The fraction of sp³-hybridized carbons (Fsp3) is 0.462. The van der Waals surface area contributed by atoms with Crippen LogP contribution in [0.5, 0.6) is 0 Å². The molecule has 1 aromatic carbocycles. The minimum absolute atomic E-state index is 0.0263. The lowest BCUT2D eigenvalue weighted by atomic mass is 10.1. The van der Waals surface area contributed by atoms with Crippen molar-refractivity contribution in [2.75, 3.05) is 19.8 Å². The molecule has 0 spiro atoms. The van der Waals surface area contributed by atoms with Gasteiger partial charge >= 0.3 is 0 Å². The predicted octanol–water partition coefficient (Wildman–Crippen LogP) is 3.62. The lowest BCUT2D eigenvalue weighted by Gasteiger charge is -2.08. The molecule has 0 radical (unpaired) electrons. The highest BCUT2D eigenvalue weighted by Gasteiger charge is 2.11. The molecule has 0 aliphatic rings. The quantitative estimate of drug-likeness (QED) is 0.568. The first kappa shape index (κ1) is 15.4. The zero-order valence-electron chi connectivity index (χ0n) is 10.4. The molecule has 0 N–H and O–H groups in total. The second-order valence-corrected chi connectivity index (χ2v) is 4.86. The van der Waals surface area contributed by atoms with Gasteiger partial charge in [0.1, 0.15) is 6.61 Å². The first-order chi connectivity index (χ1) is 8.50. The van der Waals surface area contributed by atoms with E-state index in [0.29, 0.717) is 28.8 Å². The van der Waals surface area contributed by atoms with E-state index in [1.165, 1.54) is 0 Å². The number of benzene rings is 1. The van der Waals surface area contributed by atoms with Gasteiger partial charge in [-0.2, -0.15) is 0 Å². The van der Waals surface area contributed by atoms with Crippen molar-refractivity contribution < 1.29 is 14.3 Å². The highest BCUT2D eigenvalue weighted by molar-refractivity contribution is 6.35. The van der Waals surface area contributed by atoms with Crippen LogP contribution in [0.1, 0.15) is 24.2 Å². The first-order valence-corrected chi connectivity index (χ1v) is 6.44. The van der Waals surface area contributed by atoms with Crippen LogP contribution in [0.3, 0.4) is 0 Å². The molecule has 0 saturated carbocycles. The summed E-state index contributed by atoms with van der Waals surface area (Å²) in [6, 6.07) is 4.77. The summed E-state index contributed by atoms with van der Waals surface area (Å²) in [6.45, 7) is 4.70. The molecule has 0 aliphatic heterocycles. The molecular formula is C13H16Cl2O3. The van der Waals surface area contributed by atoms with E-state index >= 15 is 0 Å². The average Bonchev–Trinajstić information content (AvgIpc) is 2.31. The smallest absolute Gasteiger partial charge is 0.190 e. The van der Waals surface area contributed by atoms with Crippen LogP contribution in [-0.4, -0.2) is 31.7 Å². The zero-order valence-corrected chi connectivity index (χ0v) is 11.9. The van der Waals surface area contributed by atoms with Crippen molar-refractivity contribution in [3.05, 3.63) is 33.8 Å². The Morgan fingerprint density at radius 3 is 2.67 bits per heavy atom. The van der Waals surface area contributed by atoms with Crippen molar-refractivity contribution in [3.8, 4) is 0 Å². The summed E-state index contributed by atoms with van der Waals surface area (Å²) in [5.74, 6) is -0.188. The van der Waals surface area contributed by atoms with Gasteiger partial charge in [0.2, 0.25) is 0 Å². The van der Waals surface area contributed by atoms with Crippen molar-refractivity contribution in [2.45, 2.75) is 20.0 Å². The molecule has 5 heteroatoms. The van der Waals surface area contributed by atoms with E-state index in [2.05, 4.69) is 0 Å². The Morgan fingerprint density at radius 1 is 1.28 bits per heavy atom. The summed E-state index contributed by atoms with van der Waals surface area (Å²) in [4.78, 5) is 11.8. The molecule has 0 saturated heterocycles. The number of carbonyl (C=O) groups excluding carboxylic acids is 1. The molecule has 1 rings (SSSR count). The lowest BCUT2D eigenvalue weighted by molar-refractivity contribution is 0.0208. The largest absolute Gasteiger partial charge is 0.376 e. The molecule has 3 nitrogen and oxygen atoms in total. The summed E-state index contributed by atoms with van der Waals surface area (Å²) in [7, 11) is 0. The number of halogens is 2. The third kappa shape index (κ3) is 5.36. The number of carbonyl (C=O) groups is 1. The molecule has 0 aromatic heterocycles. The van der Waals surface area contributed by atoms with Gasteiger partial charge in [-0.15, -0.1) is 0 Å². The SMILES string of the molecule is CC(C)OCCOCC(=O)c1cc(Cl)ccc1Cl. The molecule has 0 heterocycles. The van der Waals surface area contributed by atoms with Crippen LogP contribution in [0, 0.1) is 0 Å². The Bertz CT molecular complexity index is 405. The summed E-state index contributed by atoms with van der Waals surface area (Å²) in [5, 5.41) is 0.859. The standard InChI is InChI=1S/C13H16Cl2O3/c1-9(2)18-6-5-17-8-13(16)11-7-10(14)3-4-12(11)15/h3-4,7,9H,5-6,8H2,1-2H3. The van der Waals surface area contributed by atoms with Crippen LogP contribution >= 0.6 is 23.2 Å². The number of ketones is 1. The maximum atomic E-state index is 11.8. The molecule has 0 fully saturated rings. The predicted molar refractivity (Wildman–Crippen MR) is 72.7 cm³/mol. The maximum Gasteiger partial charge on any atom is 0.190 e.